The summed E-state index contributed by atoms with van der Waals surface area (Å²) in [4.78, 5) is 14.4. The molecule has 2 N–H and O–H groups in total. The second-order valence-corrected chi connectivity index (χ2v) is 3.99. The van der Waals surface area contributed by atoms with E-state index in [0.717, 1.165) is 0 Å². The molecule has 0 aliphatic carbocycles. The molecule has 0 saturated carbocycles. The molecular weight excluding hydrogens is 204 g/mol. The Bertz CT molecular complexity index is 538. The summed E-state index contributed by atoms with van der Waals surface area (Å²) in [5, 5.41) is 9.97. The summed E-state index contributed by atoms with van der Waals surface area (Å²) in [6.45, 7) is 3.83. The zero-order valence-electron chi connectivity index (χ0n) is 9.27. The van der Waals surface area contributed by atoms with Crippen LogP contribution in [0.4, 0.5) is 0 Å². The van der Waals surface area contributed by atoms with Crippen LogP contribution in [0.5, 0.6) is 5.88 Å². The Balaban J connectivity index is 2.63. The Labute approximate surface area is 93.2 Å². The van der Waals surface area contributed by atoms with Crippen LogP contribution in [-0.2, 0) is 0 Å². The first kappa shape index (κ1) is 10.5. The van der Waals surface area contributed by atoms with Crippen LogP contribution in [0.2, 0.25) is 0 Å². The van der Waals surface area contributed by atoms with Gasteiger partial charge in [0.05, 0.1) is 11.4 Å². The minimum Gasteiger partial charge on any atom is -0.493 e. The lowest BCUT2D eigenvalue weighted by atomic mass is 10.1. The van der Waals surface area contributed by atoms with Gasteiger partial charge in [-0.3, -0.25) is 0 Å². The summed E-state index contributed by atoms with van der Waals surface area (Å²) in [6.07, 6.45) is 0. The van der Waals surface area contributed by atoms with Crippen LogP contribution in [0, 0.1) is 0 Å². The molecule has 0 atom stereocenters. The van der Waals surface area contributed by atoms with E-state index in [1.54, 1.807) is 12.1 Å². The van der Waals surface area contributed by atoms with E-state index in [1.807, 2.05) is 32.0 Å². The van der Waals surface area contributed by atoms with Gasteiger partial charge in [-0.25, -0.2) is 9.36 Å². The molecule has 2 aromatic rings. The van der Waals surface area contributed by atoms with Crippen molar-refractivity contribution >= 4 is 0 Å². The second-order valence-electron chi connectivity index (χ2n) is 3.99. The molecule has 0 spiro atoms. The van der Waals surface area contributed by atoms with Crippen molar-refractivity contribution in [2.75, 3.05) is 0 Å². The summed E-state index contributed by atoms with van der Waals surface area (Å²) in [5.41, 5.74) is 0.911. The predicted octanol–water partition coefficient (Wildman–Crippen LogP) is 1.99. The average molecular weight is 218 g/mol. The smallest absolute Gasteiger partial charge is 0.333 e. The number of hydrogen-bond donors (Lipinski definition) is 2. The zero-order valence-corrected chi connectivity index (χ0v) is 9.27. The molecule has 0 aliphatic heterocycles. The molecule has 4 heteroatoms. The van der Waals surface area contributed by atoms with Crippen molar-refractivity contribution in [2.24, 2.45) is 0 Å². The summed E-state index contributed by atoms with van der Waals surface area (Å²) in [6, 6.07) is 9.06. The zero-order chi connectivity index (χ0) is 11.7. The van der Waals surface area contributed by atoms with Gasteiger partial charge in [-0.15, -0.1) is 0 Å². The van der Waals surface area contributed by atoms with Crippen molar-refractivity contribution < 1.29 is 5.11 Å². The molecule has 1 heterocycles. The number of rotatable bonds is 2. The minimum atomic E-state index is -0.313. The summed E-state index contributed by atoms with van der Waals surface area (Å²) in [7, 11) is 0. The number of nitrogens with zero attached hydrogens (tertiary/aromatic N) is 1. The lowest BCUT2D eigenvalue weighted by Crippen LogP contribution is -2.14. The molecule has 0 radical (unpaired) electrons. The lowest BCUT2D eigenvalue weighted by molar-refractivity contribution is 0.431. The molecule has 0 fully saturated rings. The molecule has 1 aromatic carbocycles. The molecule has 0 amide bonds. The van der Waals surface area contributed by atoms with E-state index in [4.69, 9.17) is 0 Å². The van der Waals surface area contributed by atoms with Gasteiger partial charge in [0.15, 0.2) is 0 Å². The van der Waals surface area contributed by atoms with Gasteiger partial charge in [-0.05, 0) is 18.1 Å². The van der Waals surface area contributed by atoms with E-state index in [9.17, 15) is 9.90 Å². The molecular formula is C12H14N2O2. The highest BCUT2D eigenvalue weighted by molar-refractivity contribution is 5.38. The van der Waals surface area contributed by atoms with Crippen LogP contribution >= 0.6 is 0 Å². The first-order valence-corrected chi connectivity index (χ1v) is 5.20. The maximum Gasteiger partial charge on any atom is 0.333 e. The minimum absolute atomic E-state index is 0.00815. The van der Waals surface area contributed by atoms with Crippen LogP contribution in [0.3, 0.4) is 0 Å². The number of H-pyrrole nitrogens is 1. The summed E-state index contributed by atoms with van der Waals surface area (Å²) < 4.78 is 1.27. The highest BCUT2D eigenvalue weighted by atomic mass is 16.3. The van der Waals surface area contributed by atoms with Gasteiger partial charge < -0.3 is 10.1 Å². The molecule has 84 valence electrons. The van der Waals surface area contributed by atoms with Crippen molar-refractivity contribution in [3.05, 3.63) is 46.5 Å². The molecule has 0 unspecified atom stereocenters. The summed E-state index contributed by atoms with van der Waals surface area (Å²) >= 11 is 0. The molecule has 0 saturated heterocycles. The van der Waals surface area contributed by atoms with Gasteiger partial charge in [-0.1, -0.05) is 32.0 Å². The Morgan fingerprint density at radius 2 is 1.88 bits per heavy atom. The third-order valence-corrected chi connectivity index (χ3v) is 2.49. The van der Waals surface area contributed by atoms with Crippen molar-refractivity contribution in [1.29, 1.82) is 0 Å². The van der Waals surface area contributed by atoms with Gasteiger partial charge in [0.25, 0.3) is 0 Å². The molecule has 2 rings (SSSR count). The second kappa shape index (κ2) is 3.89. The quantitative estimate of drug-likeness (QED) is 0.809. The van der Waals surface area contributed by atoms with E-state index in [2.05, 4.69) is 4.98 Å². The fraction of sp³-hybridized carbons (Fsp3) is 0.250. The Hall–Kier alpha value is -1.97. The SMILES string of the molecule is CC(C)c1[nH]c(=O)n(-c2ccccc2)c1O. The van der Waals surface area contributed by atoms with Crippen LogP contribution in [0.15, 0.2) is 35.1 Å². The fourth-order valence-corrected chi connectivity index (χ4v) is 1.66. The van der Waals surface area contributed by atoms with Crippen LogP contribution in [0.1, 0.15) is 25.5 Å². The normalized spacial score (nSPS) is 10.9. The number of hydrogen-bond acceptors (Lipinski definition) is 2. The molecule has 4 nitrogen and oxygen atoms in total. The van der Waals surface area contributed by atoms with E-state index >= 15 is 0 Å². The maximum absolute atomic E-state index is 11.7. The van der Waals surface area contributed by atoms with Gasteiger partial charge in [0.2, 0.25) is 5.88 Å². The molecule has 1 aromatic heterocycles. The van der Waals surface area contributed by atoms with Gasteiger partial charge in [0.1, 0.15) is 0 Å². The first-order valence-electron chi connectivity index (χ1n) is 5.20. The number of aromatic amines is 1. The number of aromatic hydroxyl groups is 1. The van der Waals surface area contributed by atoms with Gasteiger partial charge in [0, 0.05) is 0 Å². The lowest BCUT2D eigenvalue weighted by Gasteiger charge is -2.04. The fourth-order valence-electron chi connectivity index (χ4n) is 1.66. The van der Waals surface area contributed by atoms with E-state index < -0.39 is 0 Å². The third-order valence-electron chi connectivity index (χ3n) is 2.49. The Kier molecular flexibility index (Phi) is 2.56. The van der Waals surface area contributed by atoms with Gasteiger partial charge >= 0.3 is 5.69 Å². The van der Waals surface area contributed by atoms with Crippen LogP contribution in [-0.4, -0.2) is 14.7 Å². The maximum atomic E-state index is 11.7. The highest BCUT2D eigenvalue weighted by Gasteiger charge is 2.16. The predicted molar refractivity (Wildman–Crippen MR) is 62.1 cm³/mol. The van der Waals surface area contributed by atoms with E-state index in [-0.39, 0.29) is 17.5 Å². The topological polar surface area (TPSA) is 58.0 Å². The van der Waals surface area contributed by atoms with Crippen LogP contribution in [0.25, 0.3) is 5.69 Å². The third kappa shape index (κ3) is 1.62. The summed E-state index contributed by atoms with van der Waals surface area (Å²) in [5.74, 6) is 0.0730. The van der Waals surface area contributed by atoms with E-state index in [0.29, 0.717) is 11.4 Å². The average Bonchev–Trinajstić information content (AvgIpc) is 2.56. The molecule has 0 aliphatic rings. The van der Waals surface area contributed by atoms with Crippen molar-refractivity contribution in [3.8, 4) is 11.6 Å². The highest BCUT2D eigenvalue weighted by Crippen LogP contribution is 2.24. The van der Waals surface area contributed by atoms with Crippen LogP contribution < -0.4 is 5.69 Å². The Morgan fingerprint density at radius 1 is 1.25 bits per heavy atom. The van der Waals surface area contributed by atoms with Crippen molar-refractivity contribution in [1.82, 2.24) is 9.55 Å². The van der Waals surface area contributed by atoms with Crippen molar-refractivity contribution in [2.45, 2.75) is 19.8 Å². The molecule has 16 heavy (non-hydrogen) atoms. The first-order chi connectivity index (χ1) is 7.61. The number of nitrogens with one attached hydrogen (secondary N) is 1. The number of para-hydroxylation sites is 1. The number of aromatic nitrogens is 2. The monoisotopic (exact) mass is 218 g/mol. The number of benzene rings is 1. The van der Waals surface area contributed by atoms with E-state index in [1.165, 1.54) is 4.57 Å². The number of imidazole rings is 1. The standard InChI is InChI=1S/C12H14N2O2/c1-8(2)10-11(15)14(12(16)13-10)9-6-4-3-5-7-9/h3-8,15H,1-2H3,(H,13,16). The van der Waals surface area contributed by atoms with Gasteiger partial charge in [-0.2, -0.15) is 0 Å². The molecule has 0 bridgehead atoms. The largest absolute Gasteiger partial charge is 0.493 e. The van der Waals surface area contributed by atoms with Crippen molar-refractivity contribution in [3.63, 3.8) is 0 Å². The Morgan fingerprint density at radius 3 is 2.38 bits per heavy atom.